The van der Waals surface area contributed by atoms with Crippen molar-refractivity contribution in [2.45, 2.75) is 45.4 Å². The smallest absolute Gasteiger partial charge is 0.233 e. The zero-order valence-electron chi connectivity index (χ0n) is 11.2. The van der Waals surface area contributed by atoms with Gasteiger partial charge in [0, 0.05) is 13.0 Å². The summed E-state index contributed by atoms with van der Waals surface area (Å²) in [6, 6.07) is 0. The van der Waals surface area contributed by atoms with Gasteiger partial charge < -0.3 is 0 Å². The Morgan fingerprint density at radius 2 is 2.11 bits per heavy atom. The predicted molar refractivity (Wildman–Crippen MR) is 72.9 cm³/mol. The second-order valence-electron chi connectivity index (χ2n) is 4.74. The molecule has 0 aromatic rings. The third-order valence-electron chi connectivity index (χ3n) is 3.21. The summed E-state index contributed by atoms with van der Waals surface area (Å²) in [6.45, 7) is 6.08. The molecule has 18 heavy (non-hydrogen) atoms. The average Bonchev–Trinajstić information content (AvgIpc) is 2.62. The van der Waals surface area contributed by atoms with E-state index in [9.17, 15) is 9.59 Å². The van der Waals surface area contributed by atoms with Gasteiger partial charge >= 0.3 is 0 Å². The van der Waals surface area contributed by atoms with E-state index in [0.29, 0.717) is 19.4 Å². The molecule has 0 N–H and O–H groups in total. The number of rotatable bonds is 8. The van der Waals surface area contributed by atoms with Gasteiger partial charge in [0.05, 0.1) is 5.92 Å². The van der Waals surface area contributed by atoms with E-state index in [1.807, 2.05) is 6.08 Å². The SMILES string of the molecule is C=CCN1C(=O)CC(C/C=C\CCCCC)C1=O. The van der Waals surface area contributed by atoms with Gasteiger partial charge in [-0.25, -0.2) is 0 Å². The van der Waals surface area contributed by atoms with E-state index < -0.39 is 0 Å². The van der Waals surface area contributed by atoms with Crippen LogP contribution in [0.1, 0.15) is 45.4 Å². The molecule has 1 heterocycles. The van der Waals surface area contributed by atoms with E-state index >= 15 is 0 Å². The molecule has 0 aliphatic carbocycles. The van der Waals surface area contributed by atoms with E-state index in [0.717, 1.165) is 6.42 Å². The summed E-state index contributed by atoms with van der Waals surface area (Å²) in [7, 11) is 0. The van der Waals surface area contributed by atoms with Crippen LogP contribution in [-0.2, 0) is 9.59 Å². The minimum Gasteiger partial charge on any atom is -0.278 e. The molecule has 100 valence electrons. The first-order chi connectivity index (χ1) is 8.70. The van der Waals surface area contributed by atoms with Crippen LogP contribution in [0.15, 0.2) is 24.8 Å². The lowest BCUT2D eigenvalue weighted by Crippen LogP contribution is -2.30. The Morgan fingerprint density at radius 3 is 2.78 bits per heavy atom. The Hall–Kier alpha value is -1.38. The molecule has 3 heteroatoms. The third-order valence-corrected chi connectivity index (χ3v) is 3.21. The second kappa shape index (κ2) is 7.85. The zero-order valence-corrected chi connectivity index (χ0v) is 11.2. The Labute approximate surface area is 110 Å². The molecule has 0 aromatic carbocycles. The lowest BCUT2D eigenvalue weighted by molar-refractivity contribution is -0.138. The molecule has 0 radical (unpaired) electrons. The number of carbonyl (C=O) groups is 2. The molecule has 0 saturated carbocycles. The van der Waals surface area contributed by atoms with Crippen LogP contribution in [0, 0.1) is 5.92 Å². The fourth-order valence-corrected chi connectivity index (χ4v) is 2.15. The van der Waals surface area contributed by atoms with Crippen molar-refractivity contribution in [3.63, 3.8) is 0 Å². The average molecular weight is 249 g/mol. The van der Waals surface area contributed by atoms with Crippen molar-refractivity contribution in [3.05, 3.63) is 24.8 Å². The number of carbonyl (C=O) groups excluding carboxylic acids is 2. The summed E-state index contributed by atoms with van der Waals surface area (Å²) >= 11 is 0. The molecule has 0 aromatic heterocycles. The number of hydrogen-bond donors (Lipinski definition) is 0. The highest BCUT2D eigenvalue weighted by Gasteiger charge is 2.36. The first-order valence-corrected chi connectivity index (χ1v) is 6.80. The summed E-state index contributed by atoms with van der Waals surface area (Å²) in [5.41, 5.74) is 0. The van der Waals surface area contributed by atoms with Gasteiger partial charge in [0.15, 0.2) is 0 Å². The van der Waals surface area contributed by atoms with Crippen LogP contribution in [0.3, 0.4) is 0 Å². The van der Waals surface area contributed by atoms with E-state index in [1.54, 1.807) is 6.08 Å². The van der Waals surface area contributed by atoms with Gasteiger partial charge in [0.25, 0.3) is 0 Å². The van der Waals surface area contributed by atoms with Crippen LogP contribution in [0.5, 0.6) is 0 Å². The Bertz CT molecular complexity index is 333. The van der Waals surface area contributed by atoms with Crippen LogP contribution in [0.25, 0.3) is 0 Å². The Kier molecular flexibility index (Phi) is 6.40. The number of allylic oxidation sites excluding steroid dienone is 2. The molecular formula is C15H23NO2. The number of unbranched alkanes of at least 4 members (excludes halogenated alkanes) is 3. The van der Waals surface area contributed by atoms with Gasteiger partial charge in [0.2, 0.25) is 11.8 Å². The quantitative estimate of drug-likeness (QED) is 0.376. The summed E-state index contributed by atoms with van der Waals surface area (Å²) in [4.78, 5) is 24.8. The van der Waals surface area contributed by atoms with Gasteiger partial charge in [-0.2, -0.15) is 0 Å². The van der Waals surface area contributed by atoms with Gasteiger partial charge in [-0.15, -0.1) is 6.58 Å². The van der Waals surface area contributed by atoms with Gasteiger partial charge in [-0.05, 0) is 19.3 Å². The molecule has 1 rings (SSSR count). The van der Waals surface area contributed by atoms with Crippen LogP contribution in [0.2, 0.25) is 0 Å². The Balaban J connectivity index is 2.33. The molecule has 1 atom stereocenters. The highest BCUT2D eigenvalue weighted by atomic mass is 16.2. The summed E-state index contributed by atoms with van der Waals surface area (Å²) in [5, 5.41) is 0. The monoisotopic (exact) mass is 249 g/mol. The fraction of sp³-hybridized carbons (Fsp3) is 0.600. The van der Waals surface area contributed by atoms with Crippen molar-refractivity contribution < 1.29 is 9.59 Å². The number of amides is 2. The van der Waals surface area contributed by atoms with Crippen LogP contribution >= 0.6 is 0 Å². The maximum Gasteiger partial charge on any atom is 0.233 e. The van der Waals surface area contributed by atoms with Crippen molar-refractivity contribution >= 4 is 11.8 Å². The third kappa shape index (κ3) is 4.13. The van der Waals surface area contributed by atoms with Crippen LogP contribution in [0.4, 0.5) is 0 Å². The van der Waals surface area contributed by atoms with Crippen molar-refractivity contribution in [2.24, 2.45) is 5.92 Å². The van der Waals surface area contributed by atoms with Crippen molar-refractivity contribution in [3.8, 4) is 0 Å². The van der Waals surface area contributed by atoms with E-state index in [4.69, 9.17) is 0 Å². The fourth-order valence-electron chi connectivity index (χ4n) is 2.15. The van der Waals surface area contributed by atoms with Gasteiger partial charge in [-0.3, -0.25) is 14.5 Å². The number of likely N-dealkylation sites (tertiary alicyclic amines) is 1. The molecule has 1 aliphatic rings. The number of hydrogen-bond acceptors (Lipinski definition) is 2. The topological polar surface area (TPSA) is 37.4 Å². The normalized spacial score (nSPS) is 20.1. The molecule has 0 bridgehead atoms. The molecule has 0 spiro atoms. The largest absolute Gasteiger partial charge is 0.278 e. The highest BCUT2D eigenvalue weighted by Crippen LogP contribution is 2.23. The molecule has 1 fully saturated rings. The van der Waals surface area contributed by atoms with Crippen molar-refractivity contribution in [2.75, 3.05) is 6.54 Å². The van der Waals surface area contributed by atoms with Gasteiger partial charge in [-0.1, -0.05) is 38.0 Å². The van der Waals surface area contributed by atoms with Crippen LogP contribution in [-0.4, -0.2) is 23.3 Å². The first-order valence-electron chi connectivity index (χ1n) is 6.80. The molecular weight excluding hydrogens is 226 g/mol. The minimum atomic E-state index is -0.153. The molecule has 1 aliphatic heterocycles. The lowest BCUT2D eigenvalue weighted by atomic mass is 10.0. The molecule has 1 saturated heterocycles. The van der Waals surface area contributed by atoms with Crippen molar-refractivity contribution in [1.29, 1.82) is 0 Å². The predicted octanol–water partition coefficient (Wildman–Crippen LogP) is 3.07. The van der Waals surface area contributed by atoms with E-state index in [-0.39, 0.29) is 17.7 Å². The van der Waals surface area contributed by atoms with Crippen molar-refractivity contribution in [1.82, 2.24) is 4.90 Å². The standard InChI is InChI=1S/C15H23NO2/c1-3-5-6-7-8-9-10-13-12-14(17)16(11-4-2)15(13)18/h4,8-9,13H,2-3,5-7,10-12H2,1H3/b9-8-. The van der Waals surface area contributed by atoms with E-state index in [1.165, 1.54) is 24.2 Å². The first kappa shape index (κ1) is 14.7. The number of imide groups is 1. The van der Waals surface area contributed by atoms with Gasteiger partial charge in [0.1, 0.15) is 0 Å². The highest BCUT2D eigenvalue weighted by molar-refractivity contribution is 6.03. The minimum absolute atomic E-state index is 0.0434. The molecule has 2 amide bonds. The summed E-state index contributed by atoms with van der Waals surface area (Å²) in [6.07, 6.45) is 11.5. The lowest BCUT2D eigenvalue weighted by Gasteiger charge is -2.11. The second-order valence-corrected chi connectivity index (χ2v) is 4.74. The maximum absolute atomic E-state index is 11.9. The number of nitrogens with zero attached hydrogens (tertiary/aromatic N) is 1. The molecule has 3 nitrogen and oxygen atoms in total. The van der Waals surface area contributed by atoms with E-state index in [2.05, 4.69) is 19.6 Å². The van der Waals surface area contributed by atoms with Crippen LogP contribution < -0.4 is 0 Å². The summed E-state index contributed by atoms with van der Waals surface area (Å²) in [5.74, 6) is -0.262. The summed E-state index contributed by atoms with van der Waals surface area (Å²) < 4.78 is 0. The maximum atomic E-state index is 11.9. The molecule has 1 unspecified atom stereocenters. The zero-order chi connectivity index (χ0) is 13.4. The Morgan fingerprint density at radius 1 is 1.33 bits per heavy atom.